The molecule has 0 unspecified atom stereocenters. The fourth-order valence-electron chi connectivity index (χ4n) is 0.488. The largest absolute Gasteiger partial charge is 0.451 e. The summed E-state index contributed by atoms with van der Waals surface area (Å²) >= 11 is 8.24. The second-order valence-electron chi connectivity index (χ2n) is 1.99. The average Bonchev–Trinajstić information content (AvgIpc) is 2.76. The Labute approximate surface area is 113 Å². The number of anilines is 1. The Morgan fingerprint density at radius 1 is 1.12 bits per heavy atom. The molecular weight excluding hydrogens is 388 g/mol. The number of nitrogens with zero attached hydrogens (tertiary/aromatic N) is 5. The quantitative estimate of drug-likeness (QED) is 0.585. The van der Waals surface area contributed by atoms with Gasteiger partial charge in [0.2, 0.25) is 9.05 Å². The Bertz CT molecular complexity index is 470. The van der Waals surface area contributed by atoms with Crippen LogP contribution in [0.2, 0.25) is 0 Å². The zero-order chi connectivity index (χ0) is 12.1. The van der Waals surface area contributed by atoms with Gasteiger partial charge in [-0.05, 0) is 53.2 Å². The number of hydrogen-bond donors (Lipinski definition) is 1. The van der Waals surface area contributed by atoms with Gasteiger partial charge >= 0.3 is 5.13 Å². The highest BCUT2D eigenvalue weighted by molar-refractivity contribution is 9.11. The highest BCUT2D eigenvalue weighted by Gasteiger charge is 2.12. The third kappa shape index (κ3) is 4.42. The van der Waals surface area contributed by atoms with Gasteiger partial charge in [0.1, 0.15) is 0 Å². The first-order valence-electron chi connectivity index (χ1n) is 3.37. The smallest absolute Gasteiger partial charge is 0.374 e. The van der Waals surface area contributed by atoms with Gasteiger partial charge in [-0.1, -0.05) is 11.3 Å². The SMILES string of the molecule is Nc1nnc(Br)s1.O=[N+]([O-])c1nnc(Br)s1. The summed E-state index contributed by atoms with van der Waals surface area (Å²) in [5.74, 6) is 0. The lowest BCUT2D eigenvalue weighted by atomic mass is 11.3. The average molecular weight is 390 g/mol. The van der Waals surface area contributed by atoms with Crippen LogP contribution in [0.5, 0.6) is 0 Å². The van der Waals surface area contributed by atoms with Crippen molar-refractivity contribution in [3.63, 3.8) is 0 Å². The number of nitrogen functional groups attached to an aromatic ring is 1. The van der Waals surface area contributed by atoms with Gasteiger partial charge < -0.3 is 15.8 Å². The standard InChI is InChI=1S/C2BrN3O2S.C2H2BrN3S/c3-1-4-5-2(9-1)6(7)8;3-1-5-6-2(4)7-1/h;(H2,4,6). The maximum absolute atomic E-state index is 9.91. The molecule has 0 atom stereocenters. The molecule has 12 heteroatoms. The number of nitrogens with two attached hydrogens (primary N) is 1. The summed E-state index contributed by atoms with van der Waals surface area (Å²) in [6.07, 6.45) is 0. The predicted molar refractivity (Wildman–Crippen MR) is 66.3 cm³/mol. The van der Waals surface area contributed by atoms with Gasteiger partial charge in [-0.3, -0.25) is 0 Å². The molecule has 0 aromatic carbocycles. The molecule has 2 N–H and O–H groups in total. The molecule has 2 heterocycles. The van der Waals surface area contributed by atoms with Crippen molar-refractivity contribution in [3.8, 4) is 0 Å². The highest BCUT2D eigenvalue weighted by Crippen LogP contribution is 2.21. The van der Waals surface area contributed by atoms with Crippen molar-refractivity contribution in [3.05, 3.63) is 17.9 Å². The van der Waals surface area contributed by atoms with Crippen molar-refractivity contribution in [2.75, 3.05) is 5.73 Å². The Morgan fingerprint density at radius 2 is 1.69 bits per heavy atom. The van der Waals surface area contributed by atoms with Crippen LogP contribution in [0, 0.1) is 10.1 Å². The van der Waals surface area contributed by atoms with Crippen LogP contribution in [0.3, 0.4) is 0 Å². The number of hydrogen-bond acceptors (Lipinski definition) is 9. The molecule has 2 aromatic heterocycles. The maximum Gasteiger partial charge on any atom is 0.451 e. The summed E-state index contributed by atoms with van der Waals surface area (Å²) in [4.78, 5) is 9.33. The van der Waals surface area contributed by atoms with E-state index in [1.54, 1.807) is 0 Å². The van der Waals surface area contributed by atoms with Crippen molar-refractivity contribution in [1.82, 2.24) is 20.4 Å². The molecule has 86 valence electrons. The molecule has 0 radical (unpaired) electrons. The molecule has 0 aliphatic carbocycles. The van der Waals surface area contributed by atoms with Crippen molar-refractivity contribution in [2.24, 2.45) is 0 Å². The molecule has 16 heavy (non-hydrogen) atoms. The van der Waals surface area contributed by atoms with Crippen molar-refractivity contribution in [2.45, 2.75) is 0 Å². The minimum absolute atomic E-state index is 0.193. The first-order valence-corrected chi connectivity index (χ1v) is 6.59. The molecule has 2 aromatic rings. The molecule has 0 fully saturated rings. The number of halogens is 2. The van der Waals surface area contributed by atoms with Gasteiger partial charge in [-0.2, -0.15) is 0 Å². The van der Waals surface area contributed by atoms with E-state index in [9.17, 15) is 10.1 Å². The lowest BCUT2D eigenvalue weighted by Gasteiger charge is -1.79. The third-order valence-corrected chi connectivity index (χ3v) is 3.45. The van der Waals surface area contributed by atoms with E-state index in [1.807, 2.05) is 0 Å². The number of nitro groups is 1. The molecular formula is C4H2Br2N6O2S2. The van der Waals surface area contributed by atoms with Crippen LogP contribution in [-0.4, -0.2) is 25.3 Å². The molecule has 2 rings (SSSR count). The van der Waals surface area contributed by atoms with E-state index in [1.165, 1.54) is 11.3 Å². The van der Waals surface area contributed by atoms with Crippen LogP contribution in [0.1, 0.15) is 0 Å². The molecule has 0 spiro atoms. The third-order valence-electron chi connectivity index (χ3n) is 0.962. The first-order chi connectivity index (χ1) is 7.49. The van der Waals surface area contributed by atoms with E-state index in [-0.39, 0.29) is 5.13 Å². The molecule has 0 saturated heterocycles. The Kier molecular flexibility index (Phi) is 5.11. The molecule has 0 bridgehead atoms. The second kappa shape index (κ2) is 6.12. The van der Waals surface area contributed by atoms with E-state index in [2.05, 4.69) is 52.3 Å². The fourth-order valence-corrected chi connectivity index (χ4v) is 2.30. The van der Waals surface area contributed by atoms with Gasteiger partial charge in [0, 0.05) is 0 Å². The number of rotatable bonds is 1. The van der Waals surface area contributed by atoms with Gasteiger partial charge in [0.05, 0.1) is 5.10 Å². The predicted octanol–water partition coefficient (Wildman–Crippen LogP) is 2.09. The summed E-state index contributed by atoms with van der Waals surface area (Å²) in [7, 11) is 0. The van der Waals surface area contributed by atoms with E-state index < -0.39 is 4.92 Å². The van der Waals surface area contributed by atoms with Gasteiger partial charge in [-0.15, -0.1) is 10.2 Å². The van der Waals surface area contributed by atoms with E-state index in [0.717, 1.165) is 15.3 Å². The second-order valence-corrected chi connectivity index (χ2v) is 6.51. The summed E-state index contributed by atoms with van der Waals surface area (Å²) in [5, 5.41) is 23.9. The van der Waals surface area contributed by atoms with E-state index >= 15 is 0 Å². The topological polar surface area (TPSA) is 121 Å². The summed E-state index contributed by atoms with van der Waals surface area (Å²) in [6.45, 7) is 0. The Balaban J connectivity index is 0.000000165. The van der Waals surface area contributed by atoms with Crippen LogP contribution in [-0.2, 0) is 0 Å². The molecule has 8 nitrogen and oxygen atoms in total. The monoisotopic (exact) mass is 388 g/mol. The van der Waals surface area contributed by atoms with Gasteiger partial charge in [0.25, 0.3) is 0 Å². The van der Waals surface area contributed by atoms with Crippen molar-refractivity contribution in [1.29, 1.82) is 0 Å². The van der Waals surface area contributed by atoms with E-state index in [0.29, 0.717) is 9.05 Å². The van der Waals surface area contributed by atoms with Crippen molar-refractivity contribution < 1.29 is 4.92 Å². The minimum atomic E-state index is -0.581. The van der Waals surface area contributed by atoms with E-state index in [4.69, 9.17) is 5.73 Å². The summed E-state index contributed by atoms with van der Waals surface area (Å²) in [5.41, 5.74) is 5.19. The van der Waals surface area contributed by atoms with Crippen LogP contribution in [0.15, 0.2) is 7.83 Å². The van der Waals surface area contributed by atoms with Crippen molar-refractivity contribution >= 4 is 64.8 Å². The van der Waals surface area contributed by atoms with Gasteiger partial charge in [-0.25, -0.2) is 0 Å². The highest BCUT2D eigenvalue weighted by atomic mass is 79.9. The van der Waals surface area contributed by atoms with Crippen LogP contribution < -0.4 is 5.73 Å². The van der Waals surface area contributed by atoms with Gasteiger partial charge in [0.15, 0.2) is 3.92 Å². The Morgan fingerprint density at radius 3 is 1.88 bits per heavy atom. The maximum atomic E-state index is 9.91. The lowest BCUT2D eigenvalue weighted by Crippen LogP contribution is -1.84. The van der Waals surface area contributed by atoms with Crippen LogP contribution in [0.4, 0.5) is 10.3 Å². The lowest BCUT2D eigenvalue weighted by molar-refractivity contribution is -0.385. The molecule has 0 aliphatic heterocycles. The minimum Gasteiger partial charge on any atom is -0.374 e. The summed E-state index contributed by atoms with van der Waals surface area (Å²) in [6, 6.07) is 0. The Hall–Kier alpha value is -0.720. The molecule has 0 aliphatic rings. The normalized spacial score (nSPS) is 9.38. The van der Waals surface area contributed by atoms with Crippen LogP contribution in [0.25, 0.3) is 0 Å². The zero-order valence-corrected chi connectivity index (χ0v) is 12.0. The molecule has 0 amide bonds. The van der Waals surface area contributed by atoms with Crippen LogP contribution >= 0.6 is 54.5 Å². The summed E-state index contributed by atoms with van der Waals surface area (Å²) < 4.78 is 1.15. The number of aromatic nitrogens is 4. The zero-order valence-electron chi connectivity index (χ0n) is 7.20. The fraction of sp³-hybridized carbons (Fsp3) is 0. The molecule has 0 saturated carbocycles. The first kappa shape index (κ1) is 13.3.